The third-order valence-corrected chi connectivity index (χ3v) is 8.01. The molecule has 27 heavy (non-hydrogen) atoms. The van der Waals surface area contributed by atoms with Gasteiger partial charge in [0.05, 0.1) is 12.7 Å². The molecular formula is C22H29NO4. The normalized spacial score (nSPS) is 38.3. The van der Waals surface area contributed by atoms with Crippen molar-refractivity contribution in [2.24, 2.45) is 11.8 Å². The smallest absolute Gasteiger partial charge is 0.164 e. The summed E-state index contributed by atoms with van der Waals surface area (Å²) in [5.74, 6) is 1.24. The van der Waals surface area contributed by atoms with Crippen LogP contribution in [0.1, 0.15) is 50.2 Å². The number of carbonyl (C=O) groups excluding carboxylic acids is 1. The zero-order valence-corrected chi connectivity index (χ0v) is 16.2. The Morgan fingerprint density at radius 1 is 1.30 bits per heavy atom. The summed E-state index contributed by atoms with van der Waals surface area (Å²) in [4.78, 5) is 15.3. The average Bonchev–Trinajstić information content (AvgIpc) is 3.46. The summed E-state index contributed by atoms with van der Waals surface area (Å²) >= 11 is 0. The highest BCUT2D eigenvalue weighted by Gasteiger charge is 2.68. The van der Waals surface area contributed by atoms with Gasteiger partial charge < -0.3 is 14.9 Å². The molecule has 1 aliphatic heterocycles. The largest absolute Gasteiger partial charge is 0.504 e. The molecule has 1 unspecified atom stereocenters. The number of aliphatic hydroxyl groups is 1. The summed E-state index contributed by atoms with van der Waals surface area (Å²) in [5, 5.41) is 22.6. The van der Waals surface area contributed by atoms with Crippen LogP contribution in [0.2, 0.25) is 0 Å². The number of aromatic hydroxyl groups is 1. The maximum atomic E-state index is 12.8. The van der Waals surface area contributed by atoms with Crippen LogP contribution in [-0.4, -0.2) is 52.7 Å². The highest BCUT2D eigenvalue weighted by molar-refractivity contribution is 5.85. The zero-order valence-electron chi connectivity index (χ0n) is 16.2. The van der Waals surface area contributed by atoms with E-state index in [1.165, 1.54) is 12.8 Å². The number of hydrogen-bond acceptors (Lipinski definition) is 5. The van der Waals surface area contributed by atoms with Crippen molar-refractivity contribution in [3.63, 3.8) is 0 Å². The molecule has 0 radical (unpaired) electrons. The minimum atomic E-state index is -0.957. The van der Waals surface area contributed by atoms with E-state index >= 15 is 0 Å². The van der Waals surface area contributed by atoms with Crippen molar-refractivity contribution in [3.05, 3.63) is 23.3 Å². The predicted octanol–water partition coefficient (Wildman–Crippen LogP) is 2.41. The lowest BCUT2D eigenvalue weighted by atomic mass is 9.46. The Morgan fingerprint density at radius 3 is 2.78 bits per heavy atom. The Kier molecular flexibility index (Phi) is 3.70. The van der Waals surface area contributed by atoms with Crippen molar-refractivity contribution in [2.75, 3.05) is 20.2 Å². The van der Waals surface area contributed by atoms with E-state index in [2.05, 4.69) is 4.90 Å². The number of piperidine rings is 1. The van der Waals surface area contributed by atoms with E-state index in [0.717, 1.165) is 43.0 Å². The molecule has 0 amide bonds. The summed E-state index contributed by atoms with van der Waals surface area (Å²) in [6, 6.07) is 3.69. The summed E-state index contributed by atoms with van der Waals surface area (Å²) in [6.07, 6.45) is 4.99. The number of hydrogen-bond donors (Lipinski definition) is 2. The number of ether oxygens (including phenoxy) is 1. The molecule has 0 aromatic heterocycles. The van der Waals surface area contributed by atoms with Crippen LogP contribution in [0, 0.1) is 11.8 Å². The Balaban J connectivity index is 1.73. The first-order chi connectivity index (χ1) is 12.9. The number of phenols is 1. The number of likely N-dealkylation sites (tertiary alicyclic amines) is 1. The van der Waals surface area contributed by atoms with Gasteiger partial charge >= 0.3 is 0 Å². The van der Waals surface area contributed by atoms with Crippen LogP contribution in [0.5, 0.6) is 11.5 Å². The van der Waals surface area contributed by atoms with Gasteiger partial charge in [-0.3, -0.25) is 9.69 Å². The lowest BCUT2D eigenvalue weighted by Crippen LogP contribution is -2.75. The van der Waals surface area contributed by atoms with Crippen LogP contribution in [0.3, 0.4) is 0 Å². The summed E-state index contributed by atoms with van der Waals surface area (Å²) < 4.78 is 5.62. The number of nitrogens with zero attached hydrogens (tertiary/aromatic N) is 1. The van der Waals surface area contributed by atoms with E-state index in [1.807, 2.05) is 13.0 Å². The molecule has 1 aromatic carbocycles. The van der Waals surface area contributed by atoms with E-state index < -0.39 is 11.0 Å². The van der Waals surface area contributed by atoms with Crippen molar-refractivity contribution in [1.29, 1.82) is 0 Å². The standard InChI is InChI=1S/C22H29NO4/c1-13-16(24)7-8-22(26)18-11-15-5-6-17(25)20(27-2)19(15)21(13,22)9-10-23(18)12-14-3-4-14/h5-6,13-14,18,25-26H,3-4,7-12H2,1-2H3/t13?,18-,21-,22-/m1/s1. The summed E-state index contributed by atoms with van der Waals surface area (Å²) in [5.41, 5.74) is 0.364. The molecule has 2 N–H and O–H groups in total. The van der Waals surface area contributed by atoms with Gasteiger partial charge in [0.2, 0.25) is 0 Å². The van der Waals surface area contributed by atoms with E-state index in [4.69, 9.17) is 4.74 Å². The molecule has 3 fully saturated rings. The molecular weight excluding hydrogens is 342 g/mol. The summed E-state index contributed by atoms with van der Waals surface area (Å²) in [6.45, 7) is 3.91. The van der Waals surface area contributed by atoms with Crippen LogP contribution in [0.4, 0.5) is 0 Å². The van der Waals surface area contributed by atoms with Crippen LogP contribution in [-0.2, 0) is 16.6 Å². The van der Waals surface area contributed by atoms with Gasteiger partial charge in [0.1, 0.15) is 5.78 Å². The van der Waals surface area contributed by atoms with Gasteiger partial charge in [-0.05, 0) is 56.2 Å². The Morgan fingerprint density at radius 2 is 2.07 bits per heavy atom. The van der Waals surface area contributed by atoms with Gasteiger partial charge in [-0.1, -0.05) is 13.0 Å². The first-order valence-electron chi connectivity index (χ1n) is 10.3. The molecule has 4 atom stereocenters. The molecule has 3 aliphatic carbocycles. The minimum Gasteiger partial charge on any atom is -0.504 e. The van der Waals surface area contributed by atoms with Gasteiger partial charge in [-0.15, -0.1) is 0 Å². The number of benzene rings is 1. The van der Waals surface area contributed by atoms with Crippen molar-refractivity contribution in [3.8, 4) is 11.5 Å². The fraction of sp³-hybridized carbons (Fsp3) is 0.682. The van der Waals surface area contributed by atoms with Crippen LogP contribution < -0.4 is 4.74 Å². The van der Waals surface area contributed by atoms with Gasteiger partial charge in [0.25, 0.3) is 0 Å². The van der Waals surface area contributed by atoms with Gasteiger partial charge in [0, 0.05) is 35.9 Å². The highest BCUT2D eigenvalue weighted by Crippen LogP contribution is 2.62. The number of carbonyl (C=O) groups is 1. The molecule has 5 nitrogen and oxygen atoms in total. The third kappa shape index (κ3) is 2.16. The molecule has 1 heterocycles. The zero-order chi connectivity index (χ0) is 19.0. The lowest BCUT2D eigenvalue weighted by Gasteiger charge is -2.65. The van der Waals surface area contributed by atoms with Crippen LogP contribution >= 0.6 is 0 Å². The maximum Gasteiger partial charge on any atom is 0.164 e. The molecule has 2 saturated carbocycles. The Labute approximate surface area is 160 Å². The van der Waals surface area contributed by atoms with E-state index in [9.17, 15) is 15.0 Å². The van der Waals surface area contributed by atoms with Crippen molar-refractivity contribution < 1.29 is 19.7 Å². The Bertz CT molecular complexity index is 804. The topological polar surface area (TPSA) is 70.0 Å². The second kappa shape index (κ2) is 5.71. The SMILES string of the molecule is COc1c(O)ccc2c1[C@]13CCN(CC4CC4)[C@H](C2)[C@]1(O)CCC(=O)C3C. The number of fused-ring (bicyclic) bond motifs is 1. The van der Waals surface area contributed by atoms with Crippen molar-refractivity contribution in [2.45, 2.75) is 62.5 Å². The molecule has 5 rings (SSSR count). The fourth-order valence-electron chi connectivity index (χ4n) is 6.47. The number of phenolic OH excluding ortho intramolecular Hbond substituents is 1. The monoisotopic (exact) mass is 371 g/mol. The fourth-order valence-corrected chi connectivity index (χ4v) is 6.47. The minimum absolute atomic E-state index is 0.0316. The number of Topliss-reactive ketones (excluding diaryl/α,β-unsaturated/α-hetero) is 1. The molecule has 5 heteroatoms. The van der Waals surface area contributed by atoms with Crippen LogP contribution in [0.25, 0.3) is 0 Å². The molecule has 4 aliphatic rings. The molecule has 146 valence electrons. The molecule has 1 aromatic rings. The molecule has 0 spiro atoms. The first-order valence-corrected chi connectivity index (χ1v) is 10.3. The third-order valence-electron chi connectivity index (χ3n) is 8.01. The van der Waals surface area contributed by atoms with Crippen LogP contribution in [0.15, 0.2) is 12.1 Å². The first kappa shape index (κ1) is 17.5. The predicted molar refractivity (Wildman–Crippen MR) is 101 cm³/mol. The van der Waals surface area contributed by atoms with Crippen molar-refractivity contribution >= 4 is 5.78 Å². The van der Waals surface area contributed by atoms with Gasteiger partial charge in [0.15, 0.2) is 11.5 Å². The Hall–Kier alpha value is -1.59. The molecule has 2 bridgehead atoms. The van der Waals surface area contributed by atoms with Gasteiger partial charge in [-0.25, -0.2) is 0 Å². The average molecular weight is 371 g/mol. The lowest BCUT2D eigenvalue weighted by molar-refractivity contribution is -0.187. The molecule has 1 saturated heterocycles. The maximum absolute atomic E-state index is 12.8. The van der Waals surface area contributed by atoms with Crippen molar-refractivity contribution in [1.82, 2.24) is 4.90 Å². The second-order valence-corrected chi connectivity index (χ2v) is 9.14. The highest BCUT2D eigenvalue weighted by atomic mass is 16.5. The number of rotatable bonds is 3. The quantitative estimate of drug-likeness (QED) is 0.854. The van der Waals surface area contributed by atoms with E-state index in [-0.39, 0.29) is 23.5 Å². The van der Waals surface area contributed by atoms with E-state index in [1.54, 1.807) is 13.2 Å². The number of ketones is 1. The second-order valence-electron chi connectivity index (χ2n) is 9.14. The van der Waals surface area contributed by atoms with E-state index in [0.29, 0.717) is 18.6 Å². The van der Waals surface area contributed by atoms with Gasteiger partial charge in [-0.2, -0.15) is 0 Å². The number of methoxy groups -OCH3 is 1. The summed E-state index contributed by atoms with van der Waals surface area (Å²) in [7, 11) is 1.56.